The molecule has 7 heteroatoms. The number of aromatic nitrogens is 3. The summed E-state index contributed by atoms with van der Waals surface area (Å²) in [4.78, 5) is 24.3. The van der Waals surface area contributed by atoms with Gasteiger partial charge in [0.25, 0.3) is 0 Å². The Morgan fingerprint density at radius 3 is 2.70 bits per heavy atom. The van der Waals surface area contributed by atoms with Gasteiger partial charge in [0.05, 0.1) is 12.1 Å². The van der Waals surface area contributed by atoms with Crippen LogP contribution >= 0.6 is 0 Å². The number of carbonyl (C=O) groups excluding carboxylic acids is 1. The number of carbonyl (C=O) groups is 1. The van der Waals surface area contributed by atoms with Crippen LogP contribution in [0.3, 0.4) is 0 Å². The molecule has 4 rings (SSSR count). The van der Waals surface area contributed by atoms with Crippen molar-refractivity contribution in [1.82, 2.24) is 29.5 Å². The van der Waals surface area contributed by atoms with Crippen LogP contribution in [0.5, 0.6) is 0 Å². The second-order valence-electron chi connectivity index (χ2n) is 8.92. The van der Waals surface area contributed by atoms with E-state index in [1.165, 1.54) is 18.4 Å². The number of likely N-dealkylation sites (tertiary alicyclic amines) is 2. The van der Waals surface area contributed by atoms with Crippen molar-refractivity contribution >= 4 is 5.91 Å². The predicted molar refractivity (Wildman–Crippen MR) is 117 cm³/mol. The highest BCUT2D eigenvalue weighted by atomic mass is 16.2. The van der Waals surface area contributed by atoms with Crippen LogP contribution in [0.15, 0.2) is 36.9 Å². The van der Waals surface area contributed by atoms with Gasteiger partial charge in [0, 0.05) is 63.9 Å². The lowest BCUT2D eigenvalue weighted by Gasteiger charge is -2.42. The van der Waals surface area contributed by atoms with E-state index in [-0.39, 0.29) is 11.8 Å². The fourth-order valence-electron chi connectivity index (χ4n) is 4.95. The maximum Gasteiger partial charge on any atom is 0.227 e. The lowest BCUT2D eigenvalue weighted by atomic mass is 9.92. The number of hydrogen-bond donors (Lipinski definition) is 0. The Labute approximate surface area is 179 Å². The standard InChI is InChI=1S/C23H34N6O/c1-26(15-20-14-25-27(2)16-20)23(30)21-6-4-10-29(18-21)22-7-11-28(12-8-22)17-19-5-3-9-24-13-19/h3,5,9,13-14,16,21-22H,4,6-8,10-12,15,17-18H2,1-2H3/t21-/m0/s1. The van der Waals surface area contributed by atoms with Crippen LogP contribution in [-0.2, 0) is 24.9 Å². The van der Waals surface area contributed by atoms with E-state index in [9.17, 15) is 4.79 Å². The zero-order valence-corrected chi connectivity index (χ0v) is 18.3. The molecule has 7 nitrogen and oxygen atoms in total. The Bertz CT molecular complexity index is 814. The van der Waals surface area contributed by atoms with Crippen molar-refractivity contribution < 1.29 is 4.79 Å². The highest BCUT2D eigenvalue weighted by Crippen LogP contribution is 2.25. The third-order valence-electron chi connectivity index (χ3n) is 6.56. The fraction of sp³-hybridized carbons (Fsp3) is 0.609. The first kappa shape index (κ1) is 21.0. The second kappa shape index (κ2) is 9.71. The van der Waals surface area contributed by atoms with Crippen molar-refractivity contribution in [3.63, 3.8) is 0 Å². The van der Waals surface area contributed by atoms with Gasteiger partial charge in [-0.05, 0) is 56.9 Å². The first-order valence-electron chi connectivity index (χ1n) is 11.2. The SMILES string of the molecule is CN(Cc1cnn(C)c1)C(=O)[C@H]1CCCN(C2CCN(Cc3cccnc3)CC2)C1. The van der Waals surface area contributed by atoms with Crippen LogP contribution in [0.4, 0.5) is 0 Å². The van der Waals surface area contributed by atoms with Gasteiger partial charge in [0.15, 0.2) is 0 Å². The normalized spacial score (nSPS) is 21.6. The molecule has 162 valence electrons. The molecule has 30 heavy (non-hydrogen) atoms. The molecule has 2 aromatic rings. The van der Waals surface area contributed by atoms with Crippen LogP contribution in [0.1, 0.15) is 36.8 Å². The number of aryl methyl sites for hydroxylation is 1. The van der Waals surface area contributed by atoms with Gasteiger partial charge >= 0.3 is 0 Å². The van der Waals surface area contributed by atoms with E-state index in [4.69, 9.17) is 0 Å². The molecule has 4 heterocycles. The Kier molecular flexibility index (Phi) is 6.79. The van der Waals surface area contributed by atoms with Gasteiger partial charge < -0.3 is 4.90 Å². The average Bonchev–Trinajstić information content (AvgIpc) is 3.19. The summed E-state index contributed by atoms with van der Waals surface area (Å²) in [5.74, 6) is 0.395. The highest BCUT2D eigenvalue weighted by Gasteiger charge is 2.32. The molecule has 0 bridgehead atoms. The molecule has 0 unspecified atom stereocenters. The second-order valence-corrected chi connectivity index (χ2v) is 8.92. The third kappa shape index (κ3) is 5.26. The first-order valence-corrected chi connectivity index (χ1v) is 11.2. The summed E-state index contributed by atoms with van der Waals surface area (Å²) in [6.45, 7) is 5.90. The first-order chi connectivity index (χ1) is 14.6. The lowest BCUT2D eigenvalue weighted by molar-refractivity contribution is -0.137. The minimum absolute atomic E-state index is 0.119. The van der Waals surface area contributed by atoms with Crippen molar-refractivity contribution in [2.75, 3.05) is 33.2 Å². The number of nitrogens with zero attached hydrogens (tertiary/aromatic N) is 6. The summed E-state index contributed by atoms with van der Waals surface area (Å²) in [5.41, 5.74) is 2.37. The number of hydrogen-bond acceptors (Lipinski definition) is 5. The molecule has 1 atom stereocenters. The number of piperidine rings is 2. The summed E-state index contributed by atoms with van der Waals surface area (Å²) < 4.78 is 1.79. The van der Waals surface area contributed by atoms with E-state index in [0.29, 0.717) is 12.6 Å². The maximum atomic E-state index is 13.1. The minimum Gasteiger partial charge on any atom is -0.341 e. The zero-order chi connectivity index (χ0) is 20.9. The molecule has 0 aliphatic carbocycles. The van der Waals surface area contributed by atoms with E-state index >= 15 is 0 Å². The molecule has 2 aliphatic heterocycles. The van der Waals surface area contributed by atoms with Gasteiger partial charge in [0.2, 0.25) is 5.91 Å². The molecule has 2 aliphatic rings. The van der Waals surface area contributed by atoms with E-state index in [0.717, 1.165) is 51.1 Å². The predicted octanol–water partition coefficient (Wildman–Crippen LogP) is 2.15. The molecule has 2 saturated heterocycles. The fourth-order valence-corrected chi connectivity index (χ4v) is 4.95. The summed E-state index contributed by atoms with van der Waals surface area (Å²) in [6.07, 6.45) is 12.1. The summed E-state index contributed by atoms with van der Waals surface area (Å²) in [6, 6.07) is 4.77. The summed E-state index contributed by atoms with van der Waals surface area (Å²) in [7, 11) is 3.83. The Balaban J connectivity index is 1.26. The topological polar surface area (TPSA) is 57.5 Å². The maximum absolute atomic E-state index is 13.1. The van der Waals surface area contributed by atoms with Crippen molar-refractivity contribution in [2.24, 2.45) is 13.0 Å². The van der Waals surface area contributed by atoms with E-state index in [1.54, 1.807) is 4.68 Å². The molecule has 2 aromatic heterocycles. The largest absolute Gasteiger partial charge is 0.341 e. The van der Waals surface area contributed by atoms with Crippen LogP contribution in [0.25, 0.3) is 0 Å². The van der Waals surface area contributed by atoms with Crippen molar-refractivity contribution in [2.45, 2.75) is 44.8 Å². The van der Waals surface area contributed by atoms with Crippen LogP contribution in [0.2, 0.25) is 0 Å². The average molecular weight is 411 g/mol. The Morgan fingerprint density at radius 2 is 2.00 bits per heavy atom. The van der Waals surface area contributed by atoms with Crippen LogP contribution in [-0.4, -0.2) is 74.6 Å². The molecule has 0 radical (unpaired) electrons. The number of pyridine rings is 1. The number of rotatable bonds is 6. The van der Waals surface area contributed by atoms with Crippen molar-refractivity contribution in [3.05, 3.63) is 48.0 Å². The molecule has 1 amide bonds. The monoisotopic (exact) mass is 410 g/mol. The van der Waals surface area contributed by atoms with Crippen molar-refractivity contribution in [3.8, 4) is 0 Å². The molecule has 0 spiro atoms. The van der Waals surface area contributed by atoms with Gasteiger partial charge in [-0.15, -0.1) is 0 Å². The molecule has 0 aromatic carbocycles. The highest BCUT2D eigenvalue weighted by molar-refractivity contribution is 5.78. The van der Waals surface area contributed by atoms with Gasteiger partial charge in [-0.25, -0.2) is 0 Å². The summed E-state index contributed by atoms with van der Waals surface area (Å²) in [5, 5.41) is 4.21. The zero-order valence-electron chi connectivity index (χ0n) is 18.3. The van der Waals surface area contributed by atoms with Gasteiger partial charge in [0.1, 0.15) is 0 Å². The van der Waals surface area contributed by atoms with E-state index in [2.05, 4.69) is 25.9 Å². The smallest absolute Gasteiger partial charge is 0.227 e. The Morgan fingerprint density at radius 1 is 1.17 bits per heavy atom. The van der Waals surface area contributed by atoms with Gasteiger partial charge in [-0.3, -0.25) is 24.3 Å². The molecule has 0 saturated carbocycles. The Hall–Kier alpha value is -2.25. The molecule has 2 fully saturated rings. The van der Waals surface area contributed by atoms with Crippen LogP contribution < -0.4 is 0 Å². The van der Waals surface area contributed by atoms with E-state index < -0.39 is 0 Å². The quantitative estimate of drug-likeness (QED) is 0.730. The van der Waals surface area contributed by atoms with Gasteiger partial charge in [-0.1, -0.05) is 6.07 Å². The summed E-state index contributed by atoms with van der Waals surface area (Å²) >= 11 is 0. The number of amides is 1. The van der Waals surface area contributed by atoms with E-state index in [1.807, 2.05) is 49.8 Å². The van der Waals surface area contributed by atoms with Gasteiger partial charge in [-0.2, -0.15) is 5.10 Å². The van der Waals surface area contributed by atoms with Crippen LogP contribution in [0, 0.1) is 5.92 Å². The third-order valence-corrected chi connectivity index (χ3v) is 6.56. The lowest BCUT2D eigenvalue weighted by Crippen LogP contribution is -2.50. The van der Waals surface area contributed by atoms with Crippen molar-refractivity contribution in [1.29, 1.82) is 0 Å². The molecular formula is C23H34N6O. The minimum atomic E-state index is 0.119. The molecule has 0 N–H and O–H groups in total. The molecular weight excluding hydrogens is 376 g/mol.